The minimum atomic E-state index is -3.56. The van der Waals surface area contributed by atoms with Crippen molar-refractivity contribution in [3.05, 3.63) is 89.5 Å². The molecule has 1 aliphatic rings. The van der Waals surface area contributed by atoms with E-state index in [1.54, 1.807) is 49.6 Å². The van der Waals surface area contributed by atoms with Crippen LogP contribution in [0.25, 0.3) is 11.1 Å². The Bertz CT molecular complexity index is 1710. The number of carboxylic acids is 1. The molecule has 4 rings (SSSR count). The Morgan fingerprint density at radius 2 is 1.68 bits per heavy atom. The Kier molecular flexibility index (Phi) is 10.6. The molecule has 12 heteroatoms. The number of hydrogen-bond donors (Lipinski definition) is 2. The number of carbonyl (C=O) groups is 2. The van der Waals surface area contributed by atoms with E-state index in [0.29, 0.717) is 31.7 Å². The van der Waals surface area contributed by atoms with Gasteiger partial charge in [0, 0.05) is 38.1 Å². The van der Waals surface area contributed by atoms with Gasteiger partial charge in [-0.25, -0.2) is 21.6 Å². The molecule has 0 radical (unpaired) electrons. The van der Waals surface area contributed by atoms with Crippen LogP contribution < -0.4 is 5.32 Å². The van der Waals surface area contributed by atoms with E-state index in [4.69, 9.17) is 4.74 Å². The number of ether oxygens (including phenoxy) is 1. The Morgan fingerprint density at radius 1 is 1.00 bits per heavy atom. The molecule has 0 saturated carbocycles. The molecular formula is C32H38N2O8S2. The zero-order valence-electron chi connectivity index (χ0n) is 25.0. The summed E-state index contributed by atoms with van der Waals surface area (Å²) >= 11 is 0. The van der Waals surface area contributed by atoms with Crippen molar-refractivity contribution in [3.8, 4) is 11.1 Å². The Balaban J connectivity index is 1.64. The summed E-state index contributed by atoms with van der Waals surface area (Å²) < 4.78 is 55.6. The van der Waals surface area contributed by atoms with Crippen molar-refractivity contribution in [1.82, 2.24) is 10.2 Å². The highest BCUT2D eigenvalue weighted by atomic mass is 32.2. The van der Waals surface area contributed by atoms with Crippen molar-refractivity contribution in [2.45, 2.75) is 48.5 Å². The van der Waals surface area contributed by atoms with Gasteiger partial charge in [-0.1, -0.05) is 48.5 Å². The molecular weight excluding hydrogens is 604 g/mol. The van der Waals surface area contributed by atoms with Crippen LogP contribution >= 0.6 is 0 Å². The third-order valence-corrected chi connectivity index (χ3v) is 11.0. The number of aryl methyl sites for hydroxylation is 1. The van der Waals surface area contributed by atoms with Crippen LogP contribution in [0.2, 0.25) is 0 Å². The van der Waals surface area contributed by atoms with E-state index in [0.717, 1.165) is 22.9 Å². The maximum atomic E-state index is 13.5. The van der Waals surface area contributed by atoms with Crippen LogP contribution in [-0.4, -0.2) is 88.3 Å². The molecule has 1 unspecified atom stereocenters. The second kappa shape index (κ2) is 14.0. The third-order valence-electron chi connectivity index (χ3n) is 7.89. The van der Waals surface area contributed by atoms with Gasteiger partial charge in [0.25, 0.3) is 5.91 Å². The van der Waals surface area contributed by atoms with Gasteiger partial charge in [-0.15, -0.1) is 0 Å². The first-order valence-corrected chi connectivity index (χ1v) is 17.8. The van der Waals surface area contributed by atoms with Crippen LogP contribution in [-0.2, 0) is 35.8 Å². The van der Waals surface area contributed by atoms with Gasteiger partial charge in [0.1, 0.15) is 15.9 Å². The minimum absolute atomic E-state index is 0.139. The molecule has 2 N–H and O–H groups in total. The summed E-state index contributed by atoms with van der Waals surface area (Å²) in [6, 6.07) is 19.7. The number of nitrogens with one attached hydrogen (secondary N) is 1. The number of methoxy groups -OCH3 is 1. The summed E-state index contributed by atoms with van der Waals surface area (Å²) in [5.74, 6) is -2.34. The normalized spacial score (nSPS) is 18.2. The van der Waals surface area contributed by atoms with Gasteiger partial charge in [-0.3, -0.25) is 9.69 Å². The van der Waals surface area contributed by atoms with Crippen molar-refractivity contribution in [3.63, 3.8) is 0 Å². The molecule has 0 aromatic heterocycles. The van der Waals surface area contributed by atoms with E-state index in [1.807, 2.05) is 37.3 Å². The summed E-state index contributed by atoms with van der Waals surface area (Å²) in [5.41, 5.74) is 3.35. The number of hydrogen-bond acceptors (Lipinski definition) is 8. The Morgan fingerprint density at radius 3 is 2.32 bits per heavy atom. The number of rotatable bonds is 13. The fraction of sp³-hybridized carbons (Fsp3) is 0.375. The largest absolute Gasteiger partial charge is 0.480 e. The van der Waals surface area contributed by atoms with Gasteiger partial charge in [-0.05, 0) is 66.3 Å². The van der Waals surface area contributed by atoms with E-state index in [2.05, 4.69) is 10.2 Å². The second-order valence-corrected chi connectivity index (χ2v) is 15.7. The fourth-order valence-corrected chi connectivity index (χ4v) is 8.02. The highest BCUT2D eigenvalue weighted by Gasteiger charge is 2.40. The number of sulfone groups is 2. The zero-order chi connectivity index (χ0) is 32.1. The molecule has 0 bridgehead atoms. The first kappa shape index (κ1) is 33.3. The lowest BCUT2D eigenvalue weighted by Crippen LogP contribution is -2.42. The smallest absolute Gasteiger partial charge is 0.326 e. The van der Waals surface area contributed by atoms with Crippen LogP contribution in [0.4, 0.5) is 0 Å². The highest BCUT2D eigenvalue weighted by molar-refractivity contribution is 7.92. The number of aliphatic carboxylic acids is 1. The van der Waals surface area contributed by atoms with Crippen LogP contribution in [0, 0.1) is 6.92 Å². The average molecular weight is 643 g/mol. The van der Waals surface area contributed by atoms with Gasteiger partial charge in [-0.2, -0.15) is 0 Å². The number of amides is 1. The number of benzene rings is 3. The quantitative estimate of drug-likeness (QED) is 0.287. The lowest BCUT2D eigenvalue weighted by atomic mass is 9.93. The Hall–Kier alpha value is -3.58. The summed E-state index contributed by atoms with van der Waals surface area (Å²) in [6.07, 6.45) is 1.17. The van der Waals surface area contributed by atoms with Gasteiger partial charge < -0.3 is 15.2 Å². The lowest BCUT2D eigenvalue weighted by Gasteiger charge is -2.24. The second-order valence-electron chi connectivity index (χ2n) is 11.2. The number of carbonyl (C=O) groups excluding carboxylic acids is 1. The average Bonchev–Trinajstić information content (AvgIpc) is 3.38. The highest BCUT2D eigenvalue weighted by Crippen LogP contribution is 2.32. The first-order chi connectivity index (χ1) is 20.8. The molecule has 3 aromatic rings. The maximum absolute atomic E-state index is 13.5. The lowest BCUT2D eigenvalue weighted by molar-refractivity contribution is -0.139. The van der Waals surface area contributed by atoms with Gasteiger partial charge in [0.05, 0.1) is 22.5 Å². The van der Waals surface area contributed by atoms with Crippen molar-refractivity contribution < 1.29 is 36.3 Å². The molecule has 236 valence electrons. The molecule has 3 aromatic carbocycles. The van der Waals surface area contributed by atoms with E-state index >= 15 is 0 Å². The summed E-state index contributed by atoms with van der Waals surface area (Å²) in [7, 11) is -5.40. The van der Waals surface area contributed by atoms with E-state index < -0.39 is 42.8 Å². The third kappa shape index (κ3) is 8.12. The van der Waals surface area contributed by atoms with Crippen molar-refractivity contribution in [2.24, 2.45) is 0 Å². The van der Waals surface area contributed by atoms with E-state index in [-0.39, 0.29) is 28.7 Å². The van der Waals surface area contributed by atoms with Crippen LogP contribution in [0.5, 0.6) is 0 Å². The maximum Gasteiger partial charge on any atom is 0.326 e. The minimum Gasteiger partial charge on any atom is -0.480 e. The van der Waals surface area contributed by atoms with Gasteiger partial charge in [0.2, 0.25) is 0 Å². The summed E-state index contributed by atoms with van der Waals surface area (Å²) in [6.45, 7) is 2.98. The predicted molar refractivity (Wildman–Crippen MR) is 168 cm³/mol. The first-order valence-electron chi connectivity index (χ1n) is 14.2. The van der Waals surface area contributed by atoms with Crippen molar-refractivity contribution >= 4 is 31.6 Å². The monoisotopic (exact) mass is 642 g/mol. The molecule has 1 saturated heterocycles. The van der Waals surface area contributed by atoms with Crippen LogP contribution in [0.15, 0.2) is 77.7 Å². The number of likely N-dealkylation sites (tertiary alicyclic amines) is 1. The van der Waals surface area contributed by atoms with Crippen molar-refractivity contribution in [1.29, 1.82) is 0 Å². The molecule has 0 spiro atoms. The zero-order valence-corrected chi connectivity index (χ0v) is 26.6. The van der Waals surface area contributed by atoms with Gasteiger partial charge >= 0.3 is 5.97 Å². The molecule has 44 heavy (non-hydrogen) atoms. The van der Waals surface area contributed by atoms with Crippen LogP contribution in [0.1, 0.15) is 34.3 Å². The topological polar surface area (TPSA) is 147 Å². The summed E-state index contributed by atoms with van der Waals surface area (Å²) in [5, 5.41) is 11.5. The molecule has 1 amide bonds. The van der Waals surface area contributed by atoms with E-state index in [1.165, 1.54) is 0 Å². The number of nitrogens with zero attached hydrogens (tertiary/aromatic N) is 1. The molecule has 3 atom stereocenters. The fourth-order valence-electron chi connectivity index (χ4n) is 5.57. The Labute approximate surface area is 258 Å². The molecule has 1 aliphatic heterocycles. The van der Waals surface area contributed by atoms with Crippen LogP contribution in [0.3, 0.4) is 0 Å². The predicted octanol–water partition coefficient (Wildman–Crippen LogP) is 3.34. The standard InChI is InChI=1S/C32H38N2O8S2/c1-22-9-7-8-12-27(22)29-17-23(13-14-28(29)31(35)33-30(32(36)37)15-16-43(3,38)39)19-34-20-26(18-24(34)21-42-2)44(40,41)25-10-5-4-6-11-25/h4-14,17,24,26,30H,15-16,18-21H2,1-3H3,(H,33,35)(H,36,37)/t24-,26?,30-/m1/s1. The summed E-state index contributed by atoms with van der Waals surface area (Å²) in [4.78, 5) is 27.7. The van der Waals surface area contributed by atoms with E-state index in [9.17, 15) is 31.5 Å². The van der Waals surface area contributed by atoms with Crippen molar-refractivity contribution in [2.75, 3.05) is 32.3 Å². The molecule has 0 aliphatic carbocycles. The SMILES string of the molecule is COC[C@H]1CC(S(=O)(=O)c2ccccc2)CN1Cc1ccc(C(=O)N[C@H](CCS(C)(=O)=O)C(=O)O)c(-c2ccccc2C)c1. The van der Waals surface area contributed by atoms with Gasteiger partial charge in [0.15, 0.2) is 9.84 Å². The molecule has 10 nitrogen and oxygen atoms in total. The molecule has 1 heterocycles. The molecule has 1 fully saturated rings. The number of carboxylic acid groups (broad SMARTS) is 1.